The number of fused-ring (bicyclic) bond motifs is 1. The minimum atomic E-state index is -0.146. The summed E-state index contributed by atoms with van der Waals surface area (Å²) in [4.78, 5) is 22.7. The Balaban J connectivity index is 0.00000272. The summed E-state index contributed by atoms with van der Waals surface area (Å²) in [6.45, 7) is 6.14. The molecule has 1 aliphatic rings. The number of benzene rings is 1. The minimum Gasteiger partial charge on any atom is -0.495 e. The van der Waals surface area contributed by atoms with Crippen LogP contribution < -0.4 is 14.4 Å². The second-order valence-corrected chi connectivity index (χ2v) is 8.47. The van der Waals surface area contributed by atoms with Gasteiger partial charge in [-0.3, -0.25) is 14.6 Å². The number of morpholine rings is 1. The average Bonchev–Trinajstić information content (AvgIpc) is 3.40. The van der Waals surface area contributed by atoms with Gasteiger partial charge in [0.25, 0.3) is 5.91 Å². The molecule has 0 saturated carbocycles. The smallest absolute Gasteiger partial charge is 0.273 e. The van der Waals surface area contributed by atoms with Gasteiger partial charge in [0, 0.05) is 26.2 Å². The SMILES string of the molecule is COc1ccc(OC)c2sc(N(CCN3CCOCC3)C(=O)c3snnc3C)nc12.Cl. The van der Waals surface area contributed by atoms with Gasteiger partial charge < -0.3 is 14.2 Å². The Kier molecular flexibility index (Phi) is 8.00. The Morgan fingerprint density at radius 3 is 2.58 bits per heavy atom. The molecule has 12 heteroatoms. The average molecular weight is 486 g/mol. The van der Waals surface area contributed by atoms with Gasteiger partial charge in [0.1, 0.15) is 26.6 Å². The third kappa shape index (κ3) is 4.90. The normalized spacial score (nSPS) is 14.3. The molecule has 0 N–H and O–H groups in total. The van der Waals surface area contributed by atoms with Gasteiger partial charge in [-0.15, -0.1) is 17.5 Å². The van der Waals surface area contributed by atoms with Crippen LogP contribution in [0.5, 0.6) is 11.5 Å². The lowest BCUT2D eigenvalue weighted by atomic mass is 10.3. The molecular formula is C19H24ClN5O4S2. The largest absolute Gasteiger partial charge is 0.495 e. The monoisotopic (exact) mass is 485 g/mol. The topological polar surface area (TPSA) is 89.9 Å². The Labute approximate surface area is 194 Å². The first-order valence-corrected chi connectivity index (χ1v) is 11.1. The maximum atomic E-state index is 13.4. The Hall–Kier alpha value is -2.05. The van der Waals surface area contributed by atoms with E-state index >= 15 is 0 Å². The zero-order valence-electron chi connectivity index (χ0n) is 17.5. The zero-order valence-corrected chi connectivity index (χ0v) is 19.9. The summed E-state index contributed by atoms with van der Waals surface area (Å²) in [5.74, 6) is 1.20. The number of thiazole rings is 1. The molecule has 9 nitrogen and oxygen atoms in total. The number of halogens is 1. The minimum absolute atomic E-state index is 0. The van der Waals surface area contributed by atoms with Crippen LogP contribution in [0.3, 0.4) is 0 Å². The molecule has 2 aromatic heterocycles. The standard InChI is InChI=1S/C19H23N5O4S2.ClH/c1-12-16(30-22-21-12)18(25)24(7-6-23-8-10-28-11-9-23)19-20-15-13(26-2)4-5-14(27-3)17(15)29-19;/h4-5H,6-11H2,1-3H3;1H. The van der Waals surface area contributed by atoms with Crippen LogP contribution in [-0.2, 0) is 4.74 Å². The fourth-order valence-corrected chi connectivity index (χ4v) is 5.00. The van der Waals surface area contributed by atoms with Crippen LogP contribution in [0.15, 0.2) is 12.1 Å². The van der Waals surface area contributed by atoms with Crippen LogP contribution in [0.1, 0.15) is 15.4 Å². The van der Waals surface area contributed by atoms with E-state index < -0.39 is 0 Å². The highest BCUT2D eigenvalue weighted by atomic mass is 35.5. The van der Waals surface area contributed by atoms with Gasteiger partial charge in [0.05, 0.1) is 33.1 Å². The number of methoxy groups -OCH3 is 2. The molecule has 3 aromatic rings. The maximum Gasteiger partial charge on any atom is 0.273 e. The maximum absolute atomic E-state index is 13.4. The van der Waals surface area contributed by atoms with E-state index in [0.29, 0.717) is 52.5 Å². The first-order chi connectivity index (χ1) is 14.6. The lowest BCUT2D eigenvalue weighted by Gasteiger charge is -2.29. The first-order valence-electron chi connectivity index (χ1n) is 9.54. The summed E-state index contributed by atoms with van der Waals surface area (Å²) in [6, 6.07) is 3.67. The Morgan fingerprint density at radius 1 is 1.23 bits per heavy atom. The molecule has 1 aliphatic heterocycles. The number of aromatic nitrogens is 3. The molecule has 0 spiro atoms. The van der Waals surface area contributed by atoms with Crippen LogP contribution in [0.2, 0.25) is 0 Å². The summed E-state index contributed by atoms with van der Waals surface area (Å²) in [5, 5.41) is 4.59. The predicted octanol–water partition coefficient (Wildman–Crippen LogP) is 2.87. The van der Waals surface area contributed by atoms with Gasteiger partial charge in [-0.1, -0.05) is 15.8 Å². The first kappa shape index (κ1) is 23.6. The van der Waals surface area contributed by atoms with E-state index in [-0.39, 0.29) is 18.3 Å². The number of anilines is 1. The highest BCUT2D eigenvalue weighted by Gasteiger charge is 2.27. The number of carbonyl (C=O) groups excluding carboxylic acids is 1. The molecular weight excluding hydrogens is 462 g/mol. The molecule has 1 saturated heterocycles. The molecule has 0 aliphatic carbocycles. The van der Waals surface area contributed by atoms with E-state index in [1.54, 1.807) is 26.0 Å². The third-order valence-corrected chi connectivity index (χ3v) is 6.87. The van der Waals surface area contributed by atoms with Gasteiger partial charge in [0.15, 0.2) is 5.13 Å². The van der Waals surface area contributed by atoms with Crippen molar-refractivity contribution >= 4 is 56.5 Å². The van der Waals surface area contributed by atoms with Crippen molar-refractivity contribution in [2.45, 2.75) is 6.92 Å². The Morgan fingerprint density at radius 2 is 1.94 bits per heavy atom. The quantitative estimate of drug-likeness (QED) is 0.504. The molecule has 168 valence electrons. The van der Waals surface area contributed by atoms with E-state index in [1.165, 1.54) is 11.3 Å². The van der Waals surface area contributed by atoms with Crippen molar-refractivity contribution in [3.8, 4) is 11.5 Å². The second kappa shape index (κ2) is 10.5. The van der Waals surface area contributed by atoms with Crippen LogP contribution in [-0.4, -0.2) is 79.0 Å². The lowest BCUT2D eigenvalue weighted by Crippen LogP contribution is -2.43. The van der Waals surface area contributed by atoms with Crippen molar-refractivity contribution in [2.24, 2.45) is 0 Å². The molecule has 0 bridgehead atoms. The molecule has 1 amide bonds. The van der Waals surface area contributed by atoms with Gasteiger partial charge >= 0.3 is 0 Å². The lowest BCUT2D eigenvalue weighted by molar-refractivity contribution is 0.0391. The molecule has 0 radical (unpaired) electrons. The van der Waals surface area contributed by atoms with Crippen LogP contribution >= 0.6 is 35.3 Å². The fourth-order valence-electron chi connectivity index (χ4n) is 3.29. The van der Waals surface area contributed by atoms with Crippen molar-refractivity contribution in [3.63, 3.8) is 0 Å². The van der Waals surface area contributed by atoms with Crippen molar-refractivity contribution in [1.82, 2.24) is 19.5 Å². The molecule has 4 rings (SSSR count). The van der Waals surface area contributed by atoms with E-state index in [9.17, 15) is 4.79 Å². The van der Waals surface area contributed by atoms with E-state index in [2.05, 4.69) is 14.5 Å². The predicted molar refractivity (Wildman–Crippen MR) is 124 cm³/mol. The van der Waals surface area contributed by atoms with Crippen molar-refractivity contribution in [2.75, 3.05) is 58.5 Å². The Bertz CT molecular complexity index is 997. The number of nitrogens with zero attached hydrogens (tertiary/aromatic N) is 5. The fraction of sp³-hybridized carbons (Fsp3) is 0.474. The van der Waals surface area contributed by atoms with Gasteiger partial charge in [-0.2, -0.15) is 0 Å². The molecule has 0 unspecified atom stereocenters. The van der Waals surface area contributed by atoms with Crippen LogP contribution in [0, 0.1) is 6.92 Å². The highest BCUT2D eigenvalue weighted by Crippen LogP contribution is 2.40. The van der Waals surface area contributed by atoms with Gasteiger partial charge in [-0.25, -0.2) is 4.98 Å². The van der Waals surface area contributed by atoms with E-state index in [1.807, 2.05) is 12.1 Å². The molecule has 31 heavy (non-hydrogen) atoms. The number of hydrogen-bond acceptors (Lipinski definition) is 10. The number of ether oxygens (including phenoxy) is 3. The number of carbonyl (C=O) groups is 1. The molecule has 3 heterocycles. The summed E-state index contributed by atoms with van der Waals surface area (Å²) in [6.07, 6.45) is 0. The summed E-state index contributed by atoms with van der Waals surface area (Å²) < 4.78 is 21.2. The number of aryl methyl sites for hydroxylation is 1. The van der Waals surface area contributed by atoms with Gasteiger partial charge in [0.2, 0.25) is 0 Å². The number of hydrogen-bond donors (Lipinski definition) is 0. The van der Waals surface area contributed by atoms with Crippen molar-refractivity contribution < 1.29 is 19.0 Å². The summed E-state index contributed by atoms with van der Waals surface area (Å²) >= 11 is 2.52. The number of amides is 1. The van der Waals surface area contributed by atoms with Crippen molar-refractivity contribution in [1.29, 1.82) is 0 Å². The molecule has 1 aromatic carbocycles. The zero-order chi connectivity index (χ0) is 21.1. The van der Waals surface area contributed by atoms with E-state index in [0.717, 1.165) is 35.9 Å². The third-order valence-electron chi connectivity index (χ3n) is 4.96. The van der Waals surface area contributed by atoms with E-state index in [4.69, 9.17) is 19.2 Å². The van der Waals surface area contributed by atoms with Crippen molar-refractivity contribution in [3.05, 3.63) is 22.7 Å². The molecule has 1 fully saturated rings. The molecule has 0 atom stereocenters. The second-order valence-electron chi connectivity index (χ2n) is 6.74. The summed E-state index contributed by atoms with van der Waals surface area (Å²) in [7, 11) is 3.22. The number of rotatable bonds is 7. The highest BCUT2D eigenvalue weighted by molar-refractivity contribution is 7.22. The van der Waals surface area contributed by atoms with Crippen LogP contribution in [0.4, 0.5) is 5.13 Å². The van der Waals surface area contributed by atoms with Gasteiger partial charge in [-0.05, 0) is 30.6 Å². The van der Waals surface area contributed by atoms with Crippen LogP contribution in [0.25, 0.3) is 10.2 Å². The summed E-state index contributed by atoms with van der Waals surface area (Å²) in [5.41, 5.74) is 1.30.